The molecule has 0 N–H and O–H groups in total. The van der Waals surface area contributed by atoms with Crippen LogP contribution in [-0.4, -0.2) is 12.5 Å². The van der Waals surface area contributed by atoms with Gasteiger partial charge in [0.05, 0.1) is 0 Å². The molecule has 1 aliphatic heterocycles. The maximum atomic E-state index is 11.7. The number of rotatable bonds is 2. The van der Waals surface area contributed by atoms with Gasteiger partial charge < -0.3 is 4.90 Å². The lowest BCUT2D eigenvalue weighted by molar-refractivity contribution is -0.118. The molecule has 0 bridgehead atoms. The van der Waals surface area contributed by atoms with Crippen LogP contribution in [0.5, 0.6) is 0 Å². The van der Waals surface area contributed by atoms with E-state index >= 15 is 0 Å². The van der Waals surface area contributed by atoms with Gasteiger partial charge in [-0.15, -0.1) is 0 Å². The van der Waals surface area contributed by atoms with Crippen LogP contribution >= 0.6 is 0 Å². The summed E-state index contributed by atoms with van der Waals surface area (Å²) in [6.45, 7) is 2.94. The van der Waals surface area contributed by atoms with Crippen molar-refractivity contribution in [2.24, 2.45) is 0 Å². The van der Waals surface area contributed by atoms with Gasteiger partial charge in [0.2, 0.25) is 5.91 Å². The summed E-state index contributed by atoms with van der Waals surface area (Å²) in [7, 11) is 0. The van der Waals surface area contributed by atoms with Crippen molar-refractivity contribution in [3.63, 3.8) is 0 Å². The number of hydrogen-bond donors (Lipinski definition) is 0. The fourth-order valence-corrected chi connectivity index (χ4v) is 1.97. The minimum Gasteiger partial charge on any atom is -0.312 e. The Kier molecular flexibility index (Phi) is 2.53. The second-order valence-electron chi connectivity index (χ2n) is 3.67. The molecular weight excluding hydrogens is 174 g/mol. The summed E-state index contributed by atoms with van der Waals surface area (Å²) in [5, 5.41) is 0. The van der Waals surface area contributed by atoms with Gasteiger partial charge in [0.25, 0.3) is 0 Å². The molecule has 14 heavy (non-hydrogen) atoms. The third-order valence-corrected chi connectivity index (χ3v) is 2.64. The quantitative estimate of drug-likeness (QED) is 0.699. The number of aryl methyl sites for hydroxylation is 1. The van der Waals surface area contributed by atoms with Gasteiger partial charge in [0, 0.05) is 18.7 Å². The number of hydrogen-bond acceptors (Lipinski definition) is 1. The van der Waals surface area contributed by atoms with Crippen LogP contribution in [0.3, 0.4) is 0 Å². The first kappa shape index (κ1) is 9.25. The Morgan fingerprint density at radius 1 is 1.29 bits per heavy atom. The van der Waals surface area contributed by atoms with E-state index < -0.39 is 0 Å². The molecule has 1 aliphatic rings. The minimum absolute atomic E-state index is 0.269. The summed E-state index contributed by atoms with van der Waals surface area (Å²) in [5.74, 6) is 0.269. The highest BCUT2D eigenvalue weighted by molar-refractivity contribution is 5.96. The number of benzene rings is 1. The van der Waals surface area contributed by atoms with Crippen molar-refractivity contribution in [1.82, 2.24) is 0 Å². The van der Waals surface area contributed by atoms with Crippen LogP contribution in [0.25, 0.3) is 0 Å². The minimum atomic E-state index is 0.269. The summed E-state index contributed by atoms with van der Waals surface area (Å²) in [5.41, 5.74) is 2.42. The van der Waals surface area contributed by atoms with E-state index in [1.807, 2.05) is 23.1 Å². The van der Waals surface area contributed by atoms with Crippen LogP contribution in [0.15, 0.2) is 24.3 Å². The lowest BCUT2D eigenvalue weighted by atomic mass is 10.0. The molecule has 0 aliphatic carbocycles. The van der Waals surface area contributed by atoms with Crippen LogP contribution < -0.4 is 4.90 Å². The highest BCUT2D eigenvalue weighted by Crippen LogP contribution is 2.27. The van der Waals surface area contributed by atoms with Crippen LogP contribution in [0, 0.1) is 0 Å². The molecule has 0 unspecified atom stereocenters. The molecule has 0 aromatic heterocycles. The second kappa shape index (κ2) is 3.82. The third kappa shape index (κ3) is 1.52. The standard InChI is InChI=1S/C12H15NO/c1-2-9-13-11-6-4-3-5-10(11)7-8-12(13)14/h3-6H,2,7-9H2,1H3. The van der Waals surface area contributed by atoms with E-state index in [0.29, 0.717) is 6.42 Å². The molecule has 0 spiro atoms. The zero-order valence-electron chi connectivity index (χ0n) is 8.49. The van der Waals surface area contributed by atoms with E-state index in [1.165, 1.54) is 5.56 Å². The molecule has 74 valence electrons. The molecule has 1 heterocycles. The average molecular weight is 189 g/mol. The Hall–Kier alpha value is -1.31. The number of amides is 1. The lowest BCUT2D eigenvalue weighted by Crippen LogP contribution is -2.35. The predicted octanol–water partition coefficient (Wildman–Crippen LogP) is 2.38. The topological polar surface area (TPSA) is 20.3 Å². The number of anilines is 1. The number of para-hydroxylation sites is 1. The number of carbonyl (C=O) groups is 1. The molecule has 2 rings (SSSR count). The van der Waals surface area contributed by atoms with Gasteiger partial charge in [-0.05, 0) is 24.5 Å². The second-order valence-corrected chi connectivity index (χ2v) is 3.67. The normalized spacial score (nSPS) is 15.5. The first-order chi connectivity index (χ1) is 6.83. The predicted molar refractivity (Wildman–Crippen MR) is 57.4 cm³/mol. The molecule has 1 aromatic rings. The maximum Gasteiger partial charge on any atom is 0.227 e. The van der Waals surface area contributed by atoms with E-state index in [2.05, 4.69) is 13.0 Å². The van der Waals surface area contributed by atoms with Crippen molar-refractivity contribution >= 4 is 11.6 Å². The summed E-state index contributed by atoms with van der Waals surface area (Å²) < 4.78 is 0. The van der Waals surface area contributed by atoms with E-state index in [-0.39, 0.29) is 5.91 Å². The summed E-state index contributed by atoms with van der Waals surface area (Å²) in [4.78, 5) is 13.6. The van der Waals surface area contributed by atoms with Crippen molar-refractivity contribution in [3.8, 4) is 0 Å². The largest absolute Gasteiger partial charge is 0.312 e. The Bertz CT molecular complexity index is 346. The van der Waals surface area contributed by atoms with Crippen LogP contribution in [0.1, 0.15) is 25.3 Å². The van der Waals surface area contributed by atoms with Gasteiger partial charge in [-0.3, -0.25) is 4.79 Å². The van der Waals surface area contributed by atoms with E-state index in [0.717, 1.165) is 25.1 Å². The molecule has 1 amide bonds. The molecule has 0 radical (unpaired) electrons. The van der Waals surface area contributed by atoms with Crippen molar-refractivity contribution in [1.29, 1.82) is 0 Å². The molecule has 0 atom stereocenters. The highest BCUT2D eigenvalue weighted by Gasteiger charge is 2.22. The molecular formula is C12H15NO. The average Bonchev–Trinajstić information content (AvgIpc) is 2.23. The zero-order valence-corrected chi connectivity index (χ0v) is 8.49. The lowest BCUT2D eigenvalue weighted by Gasteiger charge is -2.28. The van der Waals surface area contributed by atoms with Crippen molar-refractivity contribution in [2.45, 2.75) is 26.2 Å². The van der Waals surface area contributed by atoms with Crippen LogP contribution in [0.2, 0.25) is 0 Å². The molecule has 0 saturated carbocycles. The highest BCUT2D eigenvalue weighted by atomic mass is 16.2. The zero-order chi connectivity index (χ0) is 9.97. The Morgan fingerprint density at radius 3 is 2.86 bits per heavy atom. The van der Waals surface area contributed by atoms with Crippen molar-refractivity contribution < 1.29 is 4.79 Å². The number of nitrogens with zero attached hydrogens (tertiary/aromatic N) is 1. The third-order valence-electron chi connectivity index (χ3n) is 2.64. The number of carbonyl (C=O) groups excluding carboxylic acids is 1. The van der Waals surface area contributed by atoms with Crippen LogP contribution in [-0.2, 0) is 11.2 Å². The monoisotopic (exact) mass is 189 g/mol. The fourth-order valence-electron chi connectivity index (χ4n) is 1.97. The van der Waals surface area contributed by atoms with Gasteiger partial charge >= 0.3 is 0 Å². The van der Waals surface area contributed by atoms with Crippen molar-refractivity contribution in [3.05, 3.63) is 29.8 Å². The molecule has 2 heteroatoms. The van der Waals surface area contributed by atoms with Crippen LogP contribution in [0.4, 0.5) is 5.69 Å². The van der Waals surface area contributed by atoms with Gasteiger partial charge in [-0.2, -0.15) is 0 Å². The van der Waals surface area contributed by atoms with E-state index in [9.17, 15) is 4.79 Å². The molecule has 0 saturated heterocycles. The Balaban J connectivity index is 2.36. The molecule has 0 fully saturated rings. The SMILES string of the molecule is CCCN1C(=O)CCc2ccccc21. The van der Waals surface area contributed by atoms with Gasteiger partial charge in [-0.25, -0.2) is 0 Å². The van der Waals surface area contributed by atoms with Gasteiger partial charge in [-0.1, -0.05) is 25.1 Å². The first-order valence-electron chi connectivity index (χ1n) is 5.21. The maximum absolute atomic E-state index is 11.7. The summed E-state index contributed by atoms with van der Waals surface area (Å²) in [6.07, 6.45) is 2.58. The first-order valence-corrected chi connectivity index (χ1v) is 5.21. The van der Waals surface area contributed by atoms with Gasteiger partial charge in [0.1, 0.15) is 0 Å². The smallest absolute Gasteiger partial charge is 0.227 e. The molecule has 1 aromatic carbocycles. The number of fused-ring (bicyclic) bond motifs is 1. The molecule has 2 nitrogen and oxygen atoms in total. The summed E-state index contributed by atoms with van der Waals surface area (Å²) >= 11 is 0. The Morgan fingerprint density at radius 2 is 2.07 bits per heavy atom. The summed E-state index contributed by atoms with van der Waals surface area (Å²) in [6, 6.07) is 8.20. The van der Waals surface area contributed by atoms with Gasteiger partial charge in [0.15, 0.2) is 0 Å². The van der Waals surface area contributed by atoms with E-state index in [4.69, 9.17) is 0 Å². The van der Waals surface area contributed by atoms with E-state index in [1.54, 1.807) is 0 Å². The Labute approximate surface area is 84.5 Å². The van der Waals surface area contributed by atoms with Crippen molar-refractivity contribution in [2.75, 3.05) is 11.4 Å². The fraction of sp³-hybridized carbons (Fsp3) is 0.417.